The number of hydrazine groups is 1. The Labute approximate surface area is 207 Å². The number of nitrogens with one attached hydrogen (secondary N) is 4. The van der Waals surface area contributed by atoms with Gasteiger partial charge >= 0.3 is 6.18 Å². The summed E-state index contributed by atoms with van der Waals surface area (Å²) in [4.78, 5) is 24.8. The summed E-state index contributed by atoms with van der Waals surface area (Å²) in [7, 11) is 0. The van der Waals surface area contributed by atoms with Gasteiger partial charge in [0.05, 0.1) is 10.6 Å². The van der Waals surface area contributed by atoms with Gasteiger partial charge in [0.25, 0.3) is 11.8 Å². The van der Waals surface area contributed by atoms with Crippen LogP contribution in [0, 0.1) is 0 Å². The summed E-state index contributed by atoms with van der Waals surface area (Å²) >= 11 is 16.5. The van der Waals surface area contributed by atoms with Crippen molar-refractivity contribution in [3.8, 4) is 0 Å². The van der Waals surface area contributed by atoms with Gasteiger partial charge in [0, 0.05) is 27.5 Å². The van der Waals surface area contributed by atoms with Gasteiger partial charge in [0.2, 0.25) is 0 Å². The molecule has 0 saturated heterocycles. The molecule has 4 N–H and O–H groups in total. The molecular weight excluding hydrogens is 512 g/mol. The second-order valence-electron chi connectivity index (χ2n) is 6.77. The molecule has 3 rings (SSSR count). The van der Waals surface area contributed by atoms with Crippen LogP contribution in [0.5, 0.6) is 0 Å². The van der Waals surface area contributed by atoms with Gasteiger partial charge in [-0.25, -0.2) is 0 Å². The normalized spacial score (nSPS) is 10.9. The molecule has 0 aliphatic rings. The van der Waals surface area contributed by atoms with Crippen LogP contribution in [0.4, 0.5) is 24.5 Å². The fourth-order valence-corrected chi connectivity index (χ4v) is 3.32. The molecule has 176 valence electrons. The van der Waals surface area contributed by atoms with Crippen molar-refractivity contribution in [3.63, 3.8) is 0 Å². The number of amides is 2. The minimum absolute atomic E-state index is 0.0224. The molecule has 0 aliphatic heterocycles. The highest BCUT2D eigenvalue weighted by Crippen LogP contribution is 2.36. The van der Waals surface area contributed by atoms with E-state index in [1.54, 1.807) is 30.3 Å². The Hall–Kier alpha value is -3.34. The van der Waals surface area contributed by atoms with Crippen LogP contribution in [0.25, 0.3) is 0 Å². The number of hydrogen-bond acceptors (Lipinski definition) is 3. The molecule has 34 heavy (non-hydrogen) atoms. The summed E-state index contributed by atoms with van der Waals surface area (Å²) in [5, 5.41) is 4.99. The topological polar surface area (TPSA) is 82.3 Å². The van der Waals surface area contributed by atoms with Crippen LogP contribution in [0.3, 0.4) is 0 Å². The molecule has 6 nitrogen and oxygen atoms in total. The molecule has 0 saturated carbocycles. The van der Waals surface area contributed by atoms with Crippen LogP contribution in [-0.2, 0) is 6.18 Å². The van der Waals surface area contributed by atoms with Gasteiger partial charge in [-0.2, -0.15) is 13.2 Å². The van der Waals surface area contributed by atoms with Gasteiger partial charge in [-0.05, 0) is 66.8 Å². The lowest BCUT2D eigenvalue weighted by Gasteiger charge is -2.14. The molecular formula is C22H15Cl2F3N4O2S. The molecule has 0 bridgehead atoms. The van der Waals surface area contributed by atoms with Crippen LogP contribution in [-0.4, -0.2) is 16.9 Å². The van der Waals surface area contributed by atoms with Crippen molar-refractivity contribution < 1.29 is 22.8 Å². The first-order valence-corrected chi connectivity index (χ1v) is 10.6. The van der Waals surface area contributed by atoms with Crippen LogP contribution < -0.4 is 21.5 Å². The largest absolute Gasteiger partial charge is 0.417 e. The second-order valence-corrected chi connectivity index (χ2v) is 8.02. The zero-order chi connectivity index (χ0) is 24.9. The molecule has 2 amide bonds. The first-order valence-electron chi connectivity index (χ1n) is 9.44. The van der Waals surface area contributed by atoms with E-state index in [4.69, 9.17) is 35.4 Å². The Morgan fingerprint density at radius 3 is 2.09 bits per heavy atom. The fourth-order valence-electron chi connectivity index (χ4n) is 2.74. The molecule has 12 heteroatoms. The van der Waals surface area contributed by atoms with Crippen LogP contribution in [0.2, 0.25) is 10.0 Å². The maximum Gasteiger partial charge on any atom is 0.417 e. The number of anilines is 2. The van der Waals surface area contributed by atoms with E-state index in [2.05, 4.69) is 21.5 Å². The SMILES string of the molecule is O=C(NNC(=S)Nc1ccc(Cl)c(C(F)(F)F)c1)c1cccc(NC(=O)c2cccc(Cl)c2)c1. The molecule has 3 aromatic carbocycles. The maximum absolute atomic E-state index is 13.0. The smallest absolute Gasteiger partial charge is 0.331 e. The van der Waals surface area contributed by atoms with E-state index in [1.807, 2.05) is 0 Å². The van der Waals surface area contributed by atoms with Crippen molar-refractivity contribution in [3.05, 3.63) is 93.5 Å². The molecule has 0 heterocycles. The number of halogens is 5. The zero-order valence-electron chi connectivity index (χ0n) is 17.0. The van der Waals surface area contributed by atoms with Crippen molar-refractivity contribution in [1.29, 1.82) is 0 Å². The van der Waals surface area contributed by atoms with Gasteiger partial charge in [-0.15, -0.1) is 0 Å². The summed E-state index contributed by atoms with van der Waals surface area (Å²) in [6.45, 7) is 0. The van der Waals surface area contributed by atoms with Gasteiger partial charge in [0.15, 0.2) is 5.11 Å². The third-order valence-electron chi connectivity index (χ3n) is 4.29. The number of carbonyl (C=O) groups excluding carboxylic acids is 2. The third kappa shape index (κ3) is 6.83. The van der Waals surface area contributed by atoms with E-state index in [1.165, 1.54) is 24.3 Å². The van der Waals surface area contributed by atoms with Crippen LogP contribution in [0.15, 0.2) is 66.7 Å². The van der Waals surface area contributed by atoms with Gasteiger partial charge in [0.1, 0.15) is 0 Å². The number of thiocarbonyl (C=S) groups is 1. The summed E-state index contributed by atoms with van der Waals surface area (Å²) in [5.74, 6) is -1.01. The first kappa shape index (κ1) is 25.3. The van der Waals surface area contributed by atoms with Crippen LogP contribution >= 0.6 is 35.4 Å². The summed E-state index contributed by atoms with van der Waals surface area (Å²) in [5.41, 5.74) is 4.61. The number of benzene rings is 3. The number of hydrogen-bond donors (Lipinski definition) is 4. The third-order valence-corrected chi connectivity index (χ3v) is 5.06. The molecule has 0 aromatic heterocycles. The lowest BCUT2D eigenvalue weighted by Crippen LogP contribution is -2.43. The van der Waals surface area contributed by atoms with E-state index >= 15 is 0 Å². The minimum Gasteiger partial charge on any atom is -0.331 e. The Kier molecular flexibility index (Phi) is 7.98. The van der Waals surface area contributed by atoms with Gasteiger partial charge < -0.3 is 10.6 Å². The van der Waals surface area contributed by atoms with Crippen molar-refractivity contribution in [2.45, 2.75) is 6.18 Å². The Morgan fingerprint density at radius 1 is 0.765 bits per heavy atom. The first-order chi connectivity index (χ1) is 16.0. The van der Waals surface area contributed by atoms with Crippen molar-refractivity contribution in [2.24, 2.45) is 0 Å². The Balaban J connectivity index is 1.59. The molecule has 0 unspecified atom stereocenters. The molecule has 0 atom stereocenters. The highest BCUT2D eigenvalue weighted by molar-refractivity contribution is 7.80. The molecule has 3 aromatic rings. The molecule has 0 spiro atoms. The summed E-state index contributed by atoms with van der Waals surface area (Å²) in [6, 6.07) is 15.6. The Morgan fingerprint density at radius 2 is 1.41 bits per heavy atom. The van der Waals surface area contributed by atoms with E-state index in [0.29, 0.717) is 16.3 Å². The van der Waals surface area contributed by atoms with Gasteiger partial charge in [-0.1, -0.05) is 35.3 Å². The van der Waals surface area contributed by atoms with Crippen molar-refractivity contribution >= 4 is 63.7 Å². The quantitative estimate of drug-likeness (QED) is 0.251. The Bertz CT molecular complexity index is 1250. The lowest BCUT2D eigenvalue weighted by molar-refractivity contribution is -0.137. The number of carbonyl (C=O) groups is 2. The predicted octanol–water partition coefficient (Wildman–Crippen LogP) is 5.90. The summed E-state index contributed by atoms with van der Waals surface area (Å²) < 4.78 is 39.0. The average molecular weight is 527 g/mol. The van der Waals surface area contributed by atoms with Crippen LogP contribution in [0.1, 0.15) is 26.3 Å². The fraction of sp³-hybridized carbons (Fsp3) is 0.0455. The summed E-state index contributed by atoms with van der Waals surface area (Å²) in [6.07, 6.45) is -4.63. The predicted molar refractivity (Wildman–Crippen MR) is 129 cm³/mol. The lowest BCUT2D eigenvalue weighted by atomic mass is 10.1. The molecule has 0 radical (unpaired) electrons. The standard InChI is InChI=1S/C22H15Cl2F3N4O2S/c23-14-5-1-3-12(9-14)19(32)28-15-6-2-4-13(10-15)20(33)30-31-21(34)29-16-7-8-18(24)17(11-16)22(25,26)27/h1-11H,(H,28,32)(H,30,33)(H2,29,31,34). The van der Waals surface area contributed by atoms with Crippen molar-refractivity contribution in [1.82, 2.24) is 10.9 Å². The number of alkyl halides is 3. The van der Waals surface area contributed by atoms with E-state index in [0.717, 1.165) is 12.1 Å². The van der Waals surface area contributed by atoms with E-state index < -0.39 is 28.6 Å². The van der Waals surface area contributed by atoms with Gasteiger partial charge in [-0.3, -0.25) is 20.4 Å². The average Bonchev–Trinajstić information content (AvgIpc) is 2.78. The van der Waals surface area contributed by atoms with Crippen molar-refractivity contribution in [2.75, 3.05) is 10.6 Å². The molecule has 0 aliphatic carbocycles. The van der Waals surface area contributed by atoms with E-state index in [9.17, 15) is 22.8 Å². The monoisotopic (exact) mass is 526 g/mol. The maximum atomic E-state index is 13.0. The highest BCUT2D eigenvalue weighted by Gasteiger charge is 2.33. The number of rotatable bonds is 4. The molecule has 0 fully saturated rings. The highest BCUT2D eigenvalue weighted by atomic mass is 35.5. The van der Waals surface area contributed by atoms with E-state index in [-0.39, 0.29) is 16.4 Å². The zero-order valence-corrected chi connectivity index (χ0v) is 19.3. The second kappa shape index (κ2) is 10.7. The minimum atomic E-state index is -4.63.